The van der Waals surface area contributed by atoms with Gasteiger partial charge in [0.25, 0.3) is 0 Å². The van der Waals surface area contributed by atoms with Gasteiger partial charge in [-0.2, -0.15) is 5.10 Å². The molecule has 8 nitrogen and oxygen atoms in total. The predicted octanol–water partition coefficient (Wildman–Crippen LogP) is 0.0513. The van der Waals surface area contributed by atoms with Gasteiger partial charge in [-0.15, -0.1) is 0 Å². The van der Waals surface area contributed by atoms with Crippen LogP contribution in [0.4, 0.5) is 0 Å². The number of amides is 1. The van der Waals surface area contributed by atoms with Crippen LogP contribution in [0.15, 0.2) is 6.33 Å². The molecule has 21 heavy (non-hydrogen) atoms. The van der Waals surface area contributed by atoms with Crippen LogP contribution in [-0.2, 0) is 29.5 Å². The van der Waals surface area contributed by atoms with Gasteiger partial charge in [0, 0.05) is 13.7 Å². The Morgan fingerprint density at radius 3 is 2.81 bits per heavy atom. The molecule has 0 aliphatic heterocycles. The molecule has 2 aromatic heterocycles. The SMILES string of the molecule is CCOCCn1nc(CC(N)=O)nc1-c1c(C)ncn1C. The van der Waals surface area contributed by atoms with Crippen molar-refractivity contribution >= 4 is 5.91 Å². The van der Waals surface area contributed by atoms with E-state index in [1.807, 2.05) is 25.5 Å². The van der Waals surface area contributed by atoms with Crippen LogP contribution < -0.4 is 5.73 Å². The minimum Gasteiger partial charge on any atom is -0.380 e. The molecular formula is C13H20N6O2. The average Bonchev–Trinajstić information content (AvgIpc) is 2.93. The summed E-state index contributed by atoms with van der Waals surface area (Å²) in [6, 6.07) is 0. The van der Waals surface area contributed by atoms with Crippen molar-refractivity contribution in [2.24, 2.45) is 12.8 Å². The molecular weight excluding hydrogens is 272 g/mol. The molecule has 0 saturated carbocycles. The zero-order chi connectivity index (χ0) is 15.4. The molecule has 0 aromatic carbocycles. The molecule has 0 radical (unpaired) electrons. The molecule has 2 N–H and O–H groups in total. The van der Waals surface area contributed by atoms with Gasteiger partial charge >= 0.3 is 0 Å². The smallest absolute Gasteiger partial charge is 0.225 e. The zero-order valence-corrected chi connectivity index (χ0v) is 12.5. The van der Waals surface area contributed by atoms with Crippen molar-refractivity contribution in [2.75, 3.05) is 13.2 Å². The molecule has 0 bridgehead atoms. The van der Waals surface area contributed by atoms with Crippen molar-refractivity contribution < 1.29 is 9.53 Å². The molecule has 2 heterocycles. The van der Waals surface area contributed by atoms with Crippen LogP contribution in [0.3, 0.4) is 0 Å². The van der Waals surface area contributed by atoms with Crippen LogP contribution in [0.25, 0.3) is 11.5 Å². The third-order valence-electron chi connectivity index (χ3n) is 3.03. The van der Waals surface area contributed by atoms with Gasteiger partial charge in [-0.3, -0.25) is 4.79 Å². The van der Waals surface area contributed by atoms with E-state index >= 15 is 0 Å². The monoisotopic (exact) mass is 292 g/mol. The maximum atomic E-state index is 11.1. The Labute approximate surface area is 122 Å². The minimum absolute atomic E-state index is 0.0194. The normalized spacial score (nSPS) is 11.0. The van der Waals surface area contributed by atoms with Gasteiger partial charge < -0.3 is 15.0 Å². The Morgan fingerprint density at radius 2 is 2.24 bits per heavy atom. The van der Waals surface area contributed by atoms with Crippen LogP contribution >= 0.6 is 0 Å². The van der Waals surface area contributed by atoms with Crippen LogP contribution in [0.5, 0.6) is 0 Å². The number of hydrogen-bond donors (Lipinski definition) is 1. The summed E-state index contributed by atoms with van der Waals surface area (Å²) in [5, 5.41) is 4.34. The highest BCUT2D eigenvalue weighted by atomic mass is 16.5. The number of nitrogens with two attached hydrogens (primary N) is 1. The van der Waals surface area contributed by atoms with Crippen molar-refractivity contribution in [1.29, 1.82) is 0 Å². The lowest BCUT2D eigenvalue weighted by atomic mass is 10.3. The number of imidazole rings is 1. The third kappa shape index (κ3) is 3.46. The Kier molecular flexibility index (Phi) is 4.69. The lowest BCUT2D eigenvalue weighted by Gasteiger charge is -2.07. The Hall–Kier alpha value is -2.22. The summed E-state index contributed by atoms with van der Waals surface area (Å²) in [5.41, 5.74) is 6.94. The van der Waals surface area contributed by atoms with Gasteiger partial charge in [0.05, 0.1) is 31.6 Å². The minimum atomic E-state index is -0.453. The molecule has 0 spiro atoms. The van der Waals surface area contributed by atoms with E-state index in [0.29, 0.717) is 31.4 Å². The van der Waals surface area contributed by atoms with Gasteiger partial charge in [-0.1, -0.05) is 0 Å². The highest BCUT2D eigenvalue weighted by Crippen LogP contribution is 2.20. The number of nitrogens with zero attached hydrogens (tertiary/aromatic N) is 5. The predicted molar refractivity (Wildman–Crippen MR) is 76.4 cm³/mol. The van der Waals surface area contributed by atoms with Gasteiger partial charge in [-0.25, -0.2) is 14.6 Å². The van der Waals surface area contributed by atoms with Gasteiger partial charge in [0.2, 0.25) is 5.91 Å². The van der Waals surface area contributed by atoms with Crippen LogP contribution in [0.2, 0.25) is 0 Å². The largest absolute Gasteiger partial charge is 0.380 e. The number of rotatable bonds is 7. The fraction of sp³-hybridized carbons (Fsp3) is 0.538. The summed E-state index contributed by atoms with van der Waals surface area (Å²) in [5.74, 6) is 0.628. The first-order valence-electron chi connectivity index (χ1n) is 6.81. The first kappa shape index (κ1) is 15.2. The quantitative estimate of drug-likeness (QED) is 0.727. The summed E-state index contributed by atoms with van der Waals surface area (Å²) in [6.07, 6.45) is 1.74. The van der Waals surface area contributed by atoms with Crippen molar-refractivity contribution in [3.05, 3.63) is 17.8 Å². The van der Waals surface area contributed by atoms with Gasteiger partial charge in [-0.05, 0) is 13.8 Å². The number of carbonyl (C=O) groups excluding carboxylic acids is 1. The van der Waals surface area contributed by atoms with E-state index in [2.05, 4.69) is 15.1 Å². The fourth-order valence-electron chi connectivity index (χ4n) is 2.11. The van der Waals surface area contributed by atoms with Gasteiger partial charge in [0.15, 0.2) is 11.6 Å². The third-order valence-corrected chi connectivity index (χ3v) is 3.03. The number of aryl methyl sites for hydroxylation is 2. The molecule has 0 unspecified atom stereocenters. The number of primary amides is 1. The van der Waals surface area contributed by atoms with Crippen LogP contribution in [0.1, 0.15) is 18.4 Å². The van der Waals surface area contributed by atoms with Crippen molar-refractivity contribution in [1.82, 2.24) is 24.3 Å². The molecule has 2 aromatic rings. The lowest BCUT2D eigenvalue weighted by molar-refractivity contribution is -0.117. The van der Waals surface area contributed by atoms with E-state index in [4.69, 9.17) is 10.5 Å². The standard InChI is InChI=1S/C13H20N6O2/c1-4-21-6-5-19-13(12-9(2)15-8-18(12)3)16-11(17-19)7-10(14)20/h8H,4-7H2,1-3H3,(H2,14,20). The number of hydrogen-bond acceptors (Lipinski definition) is 5. The summed E-state index contributed by atoms with van der Waals surface area (Å²) < 4.78 is 8.97. The molecule has 1 amide bonds. The highest BCUT2D eigenvalue weighted by Gasteiger charge is 2.18. The maximum Gasteiger partial charge on any atom is 0.225 e. The molecule has 0 aliphatic rings. The Balaban J connectivity index is 2.37. The summed E-state index contributed by atoms with van der Waals surface area (Å²) in [7, 11) is 1.89. The van der Waals surface area contributed by atoms with Gasteiger partial charge in [0.1, 0.15) is 5.69 Å². The van der Waals surface area contributed by atoms with Crippen molar-refractivity contribution in [3.63, 3.8) is 0 Å². The van der Waals surface area contributed by atoms with Crippen molar-refractivity contribution in [3.8, 4) is 11.5 Å². The maximum absolute atomic E-state index is 11.1. The summed E-state index contributed by atoms with van der Waals surface area (Å²) in [6.45, 7) is 5.57. The van der Waals surface area contributed by atoms with E-state index in [-0.39, 0.29) is 6.42 Å². The van der Waals surface area contributed by atoms with E-state index in [9.17, 15) is 4.79 Å². The van der Waals surface area contributed by atoms with E-state index in [0.717, 1.165) is 11.4 Å². The number of carbonyl (C=O) groups is 1. The average molecular weight is 292 g/mol. The highest BCUT2D eigenvalue weighted by molar-refractivity contribution is 5.75. The molecule has 2 rings (SSSR count). The molecule has 0 atom stereocenters. The summed E-state index contributed by atoms with van der Waals surface area (Å²) >= 11 is 0. The molecule has 0 fully saturated rings. The fourth-order valence-corrected chi connectivity index (χ4v) is 2.11. The number of aromatic nitrogens is 5. The first-order chi connectivity index (χ1) is 10.0. The molecule has 0 aliphatic carbocycles. The number of ether oxygens (including phenoxy) is 1. The topological polar surface area (TPSA) is 101 Å². The van der Waals surface area contributed by atoms with Crippen LogP contribution in [0, 0.1) is 6.92 Å². The molecule has 0 saturated heterocycles. The van der Waals surface area contributed by atoms with E-state index < -0.39 is 5.91 Å². The Morgan fingerprint density at radius 1 is 1.48 bits per heavy atom. The first-order valence-corrected chi connectivity index (χ1v) is 6.81. The second-order valence-corrected chi connectivity index (χ2v) is 4.70. The zero-order valence-electron chi connectivity index (χ0n) is 12.5. The van der Waals surface area contributed by atoms with Crippen molar-refractivity contribution in [2.45, 2.75) is 26.8 Å². The van der Waals surface area contributed by atoms with Crippen LogP contribution in [-0.4, -0.2) is 43.4 Å². The summed E-state index contributed by atoms with van der Waals surface area (Å²) in [4.78, 5) is 19.7. The molecule has 8 heteroatoms. The second kappa shape index (κ2) is 6.49. The second-order valence-electron chi connectivity index (χ2n) is 4.70. The lowest BCUT2D eigenvalue weighted by Crippen LogP contribution is -2.15. The molecule has 114 valence electrons. The van der Waals surface area contributed by atoms with E-state index in [1.54, 1.807) is 11.0 Å². The Bertz CT molecular complexity index is 611. The van der Waals surface area contributed by atoms with E-state index in [1.165, 1.54) is 0 Å².